The van der Waals surface area contributed by atoms with Gasteiger partial charge in [0.05, 0.1) is 0 Å². The number of benzene rings is 3. The molecule has 0 nitrogen and oxygen atoms in total. The maximum Gasteiger partial charge on any atom is 0.0162 e. The summed E-state index contributed by atoms with van der Waals surface area (Å²) in [6.07, 6.45) is 10.6. The van der Waals surface area contributed by atoms with Crippen molar-refractivity contribution >= 4 is 5.57 Å². The van der Waals surface area contributed by atoms with Crippen molar-refractivity contribution in [1.82, 2.24) is 0 Å². The maximum atomic E-state index is 2.52. The van der Waals surface area contributed by atoms with Crippen molar-refractivity contribution in [2.45, 2.75) is 58.8 Å². The van der Waals surface area contributed by atoms with E-state index in [1.54, 1.807) is 16.7 Å². The van der Waals surface area contributed by atoms with Gasteiger partial charge in [-0.3, -0.25) is 0 Å². The van der Waals surface area contributed by atoms with Gasteiger partial charge in [-0.05, 0) is 86.0 Å². The molecule has 0 N–H and O–H groups in total. The molecule has 0 fully saturated rings. The van der Waals surface area contributed by atoms with Crippen LogP contribution in [0.3, 0.4) is 0 Å². The van der Waals surface area contributed by atoms with Crippen LogP contribution in [0.5, 0.6) is 0 Å². The van der Waals surface area contributed by atoms with Crippen LogP contribution in [0.15, 0.2) is 72.3 Å². The Balaban J connectivity index is 1.71. The van der Waals surface area contributed by atoms with Gasteiger partial charge < -0.3 is 0 Å². The van der Waals surface area contributed by atoms with Gasteiger partial charge in [0.15, 0.2) is 0 Å². The highest BCUT2D eigenvalue weighted by Gasteiger charge is 2.50. The molecule has 0 aliphatic heterocycles. The van der Waals surface area contributed by atoms with E-state index in [0.29, 0.717) is 5.92 Å². The Hall–Kier alpha value is -3.12. The number of fused-ring (bicyclic) bond motifs is 12. The normalized spacial score (nSPS) is 21.5. The van der Waals surface area contributed by atoms with Crippen molar-refractivity contribution in [3.05, 3.63) is 111 Å². The molecule has 34 heavy (non-hydrogen) atoms. The highest BCUT2D eigenvalue weighted by atomic mass is 14.5. The summed E-state index contributed by atoms with van der Waals surface area (Å²) in [4.78, 5) is 0. The second kappa shape index (κ2) is 6.30. The minimum atomic E-state index is -0.0310. The number of allylic oxidation sites excluding steroid dienone is 6. The van der Waals surface area contributed by atoms with Gasteiger partial charge in [-0.1, -0.05) is 107 Å². The average molecular weight is 441 g/mol. The van der Waals surface area contributed by atoms with Gasteiger partial charge in [0.25, 0.3) is 0 Å². The molecule has 0 radical (unpaired) electrons. The third kappa shape index (κ3) is 2.30. The smallest absolute Gasteiger partial charge is 0.0162 e. The Morgan fingerprint density at radius 2 is 1.59 bits per heavy atom. The van der Waals surface area contributed by atoms with Crippen LogP contribution >= 0.6 is 0 Å². The average Bonchev–Trinajstić information content (AvgIpc) is 3.27. The van der Waals surface area contributed by atoms with E-state index < -0.39 is 0 Å². The molecule has 0 aromatic heterocycles. The number of rotatable bonds is 0. The standard InChI is InChI=1S/C34H32/c1-19-10-9-13-23-26(16-19)33(3,4)31-29(23)25-18-21-11-7-8-12-22(21)28(25)30-24-15-14-20(2)17-27(24)34(5,6)32(30)31/h7-17,19H,18H2,1-6H3. The van der Waals surface area contributed by atoms with Crippen molar-refractivity contribution in [2.75, 3.05) is 0 Å². The summed E-state index contributed by atoms with van der Waals surface area (Å²) >= 11 is 0. The molecule has 0 saturated heterocycles. The fourth-order valence-electron chi connectivity index (χ4n) is 7.45. The lowest BCUT2D eigenvalue weighted by Crippen LogP contribution is -2.25. The molecule has 1 unspecified atom stereocenters. The van der Waals surface area contributed by atoms with Crippen LogP contribution < -0.4 is 0 Å². The molecule has 4 aliphatic rings. The minimum Gasteiger partial charge on any atom is -0.0779 e. The second-order valence-corrected chi connectivity index (χ2v) is 11.9. The molecule has 7 rings (SSSR count). The Labute approximate surface area is 203 Å². The van der Waals surface area contributed by atoms with Gasteiger partial charge >= 0.3 is 0 Å². The lowest BCUT2D eigenvalue weighted by Gasteiger charge is -2.32. The first kappa shape index (κ1) is 20.3. The molecule has 3 aromatic carbocycles. The molecule has 0 amide bonds. The highest BCUT2D eigenvalue weighted by molar-refractivity contribution is 6.05. The lowest BCUT2D eigenvalue weighted by molar-refractivity contribution is 0.597. The first-order valence-electron chi connectivity index (χ1n) is 12.8. The fraction of sp³-hybridized carbons (Fsp3) is 0.294. The first-order valence-corrected chi connectivity index (χ1v) is 12.8. The van der Waals surface area contributed by atoms with Gasteiger partial charge in [-0.2, -0.15) is 0 Å². The summed E-state index contributed by atoms with van der Waals surface area (Å²) < 4.78 is 0. The summed E-state index contributed by atoms with van der Waals surface area (Å²) in [7, 11) is 0. The van der Waals surface area contributed by atoms with Gasteiger partial charge in [0.2, 0.25) is 0 Å². The van der Waals surface area contributed by atoms with E-state index in [9.17, 15) is 0 Å². The third-order valence-corrected chi connectivity index (χ3v) is 8.97. The summed E-state index contributed by atoms with van der Waals surface area (Å²) in [5, 5.41) is 0. The van der Waals surface area contributed by atoms with Crippen LogP contribution in [0.4, 0.5) is 0 Å². The van der Waals surface area contributed by atoms with Crippen LogP contribution in [-0.2, 0) is 17.3 Å². The predicted octanol–water partition coefficient (Wildman–Crippen LogP) is 8.68. The molecular formula is C34H32. The summed E-state index contributed by atoms with van der Waals surface area (Å²) in [5.41, 5.74) is 19.3. The highest BCUT2D eigenvalue weighted by Crippen LogP contribution is 2.64. The van der Waals surface area contributed by atoms with E-state index in [1.807, 2.05) is 0 Å². The number of hydrogen-bond donors (Lipinski definition) is 0. The molecule has 0 bridgehead atoms. The summed E-state index contributed by atoms with van der Waals surface area (Å²) in [6, 6.07) is 16.3. The molecule has 0 heteroatoms. The minimum absolute atomic E-state index is 0.0241. The molecule has 0 heterocycles. The van der Waals surface area contributed by atoms with E-state index in [0.717, 1.165) is 6.42 Å². The molecule has 0 spiro atoms. The Kier molecular flexibility index (Phi) is 3.76. The van der Waals surface area contributed by atoms with E-state index in [2.05, 4.69) is 108 Å². The van der Waals surface area contributed by atoms with Gasteiger partial charge in [-0.25, -0.2) is 0 Å². The number of aryl methyl sites for hydroxylation is 1. The lowest BCUT2D eigenvalue weighted by atomic mass is 9.71. The van der Waals surface area contributed by atoms with E-state index in [4.69, 9.17) is 0 Å². The van der Waals surface area contributed by atoms with Gasteiger partial charge in [-0.15, -0.1) is 0 Å². The number of hydrogen-bond acceptors (Lipinski definition) is 0. The molecule has 3 aromatic rings. The molecule has 0 saturated carbocycles. The Morgan fingerprint density at radius 1 is 0.824 bits per heavy atom. The Morgan fingerprint density at radius 3 is 2.41 bits per heavy atom. The second-order valence-electron chi connectivity index (χ2n) is 11.9. The van der Waals surface area contributed by atoms with E-state index in [1.165, 1.54) is 55.7 Å². The SMILES string of the molecule is Cc1ccc2c(c1)C(C)(C)c1c-2c2c(c3c1C(C)(C)C1=CC(C)C=CC=C13)Cc1ccccc1-2. The zero-order valence-corrected chi connectivity index (χ0v) is 21.1. The van der Waals surface area contributed by atoms with Crippen LogP contribution in [-0.4, -0.2) is 0 Å². The van der Waals surface area contributed by atoms with Crippen LogP contribution in [0, 0.1) is 12.8 Å². The predicted molar refractivity (Wildman–Crippen MR) is 144 cm³/mol. The van der Waals surface area contributed by atoms with Crippen LogP contribution in [0.2, 0.25) is 0 Å². The van der Waals surface area contributed by atoms with Gasteiger partial charge in [0, 0.05) is 10.8 Å². The summed E-state index contributed by atoms with van der Waals surface area (Å²) in [6.45, 7) is 14.4. The quantitative estimate of drug-likeness (QED) is 0.256. The maximum absolute atomic E-state index is 2.52. The zero-order valence-electron chi connectivity index (χ0n) is 21.1. The van der Waals surface area contributed by atoms with Crippen molar-refractivity contribution in [3.8, 4) is 22.3 Å². The molecule has 1 atom stereocenters. The van der Waals surface area contributed by atoms with Crippen molar-refractivity contribution in [1.29, 1.82) is 0 Å². The molecular weight excluding hydrogens is 408 g/mol. The monoisotopic (exact) mass is 440 g/mol. The largest absolute Gasteiger partial charge is 0.0779 e. The Bertz CT molecular complexity index is 1530. The van der Waals surface area contributed by atoms with Crippen molar-refractivity contribution < 1.29 is 0 Å². The molecule has 4 aliphatic carbocycles. The topological polar surface area (TPSA) is 0 Å². The van der Waals surface area contributed by atoms with Crippen molar-refractivity contribution in [2.24, 2.45) is 5.92 Å². The van der Waals surface area contributed by atoms with Crippen molar-refractivity contribution in [3.63, 3.8) is 0 Å². The third-order valence-electron chi connectivity index (χ3n) is 8.97. The van der Waals surface area contributed by atoms with Crippen LogP contribution in [0.1, 0.15) is 73.6 Å². The zero-order chi connectivity index (χ0) is 23.6. The van der Waals surface area contributed by atoms with E-state index >= 15 is 0 Å². The fourth-order valence-corrected chi connectivity index (χ4v) is 7.45. The van der Waals surface area contributed by atoms with Crippen LogP contribution in [0.25, 0.3) is 27.8 Å². The van der Waals surface area contributed by atoms with E-state index in [-0.39, 0.29) is 10.8 Å². The van der Waals surface area contributed by atoms with Gasteiger partial charge in [0.1, 0.15) is 0 Å². The first-order chi connectivity index (χ1) is 16.2. The summed E-state index contributed by atoms with van der Waals surface area (Å²) in [5.74, 6) is 0.448. The molecule has 168 valence electrons.